The first-order valence-corrected chi connectivity index (χ1v) is 9.43. The van der Waals surface area contributed by atoms with Crippen molar-refractivity contribution in [2.75, 3.05) is 19.7 Å². The van der Waals surface area contributed by atoms with E-state index in [0.29, 0.717) is 23.9 Å². The summed E-state index contributed by atoms with van der Waals surface area (Å²) in [5.74, 6) is 0. The second-order valence-electron chi connectivity index (χ2n) is 5.78. The third kappa shape index (κ3) is 2.28. The topological polar surface area (TPSA) is 77.3 Å². The minimum absolute atomic E-state index is 0.180. The molecule has 9 heteroatoms. The molecule has 4 rings (SSSR count). The van der Waals surface area contributed by atoms with Crippen LogP contribution in [-0.2, 0) is 14.8 Å². The molecule has 0 saturated carbocycles. The molecule has 2 aromatic rings. The van der Waals surface area contributed by atoms with Gasteiger partial charge < -0.3 is 9.30 Å². The lowest BCUT2D eigenvalue weighted by atomic mass is 9.97. The number of hydrogen-bond donors (Lipinski definition) is 0. The van der Waals surface area contributed by atoms with E-state index in [0.717, 1.165) is 12.8 Å². The van der Waals surface area contributed by atoms with Crippen molar-refractivity contribution in [3.63, 3.8) is 0 Å². The average Bonchev–Trinajstić information content (AvgIpc) is 3.30. The van der Waals surface area contributed by atoms with Crippen molar-refractivity contribution >= 4 is 21.4 Å². The van der Waals surface area contributed by atoms with Gasteiger partial charge in [-0.05, 0) is 17.9 Å². The van der Waals surface area contributed by atoms with Crippen molar-refractivity contribution in [2.24, 2.45) is 0 Å². The summed E-state index contributed by atoms with van der Waals surface area (Å²) in [6, 6.07) is 3.59. The molecule has 2 atom stereocenters. The molecule has 22 heavy (non-hydrogen) atoms. The maximum Gasteiger partial charge on any atom is 0.252 e. The molecule has 0 amide bonds. The maximum absolute atomic E-state index is 12.6. The zero-order valence-electron chi connectivity index (χ0n) is 11.8. The van der Waals surface area contributed by atoms with E-state index in [1.807, 2.05) is 4.57 Å². The number of nitrogens with zero attached hydrogens (tertiary/aromatic N) is 4. The zero-order chi connectivity index (χ0) is 15.2. The number of thiophene rings is 1. The van der Waals surface area contributed by atoms with Gasteiger partial charge in [0.2, 0.25) is 0 Å². The highest BCUT2D eigenvalue weighted by atomic mass is 32.2. The minimum Gasteiger partial charge on any atom is -0.371 e. The molecule has 0 aromatic carbocycles. The molecule has 1 spiro atoms. The smallest absolute Gasteiger partial charge is 0.252 e. The Hall–Kier alpha value is -1.29. The van der Waals surface area contributed by atoms with Gasteiger partial charge in [-0.3, -0.25) is 0 Å². The van der Waals surface area contributed by atoms with E-state index >= 15 is 0 Å². The molecule has 0 aliphatic carbocycles. The lowest BCUT2D eigenvalue weighted by Gasteiger charge is -2.23. The maximum atomic E-state index is 12.6. The van der Waals surface area contributed by atoms with Gasteiger partial charge in [-0.2, -0.15) is 4.31 Å². The van der Waals surface area contributed by atoms with E-state index < -0.39 is 10.0 Å². The summed E-state index contributed by atoms with van der Waals surface area (Å²) in [5.41, 5.74) is -0.376. The van der Waals surface area contributed by atoms with Gasteiger partial charge >= 0.3 is 0 Å². The summed E-state index contributed by atoms with van der Waals surface area (Å²) in [5, 5.41) is 9.43. The van der Waals surface area contributed by atoms with Crippen LogP contribution in [0.4, 0.5) is 0 Å². The Morgan fingerprint density at radius 1 is 1.36 bits per heavy atom. The van der Waals surface area contributed by atoms with Crippen molar-refractivity contribution in [3.05, 3.63) is 30.2 Å². The van der Waals surface area contributed by atoms with Crippen molar-refractivity contribution in [2.45, 2.75) is 28.7 Å². The first-order chi connectivity index (χ1) is 10.6. The van der Waals surface area contributed by atoms with Crippen LogP contribution in [0.2, 0.25) is 0 Å². The van der Waals surface area contributed by atoms with Crippen LogP contribution >= 0.6 is 11.3 Å². The quantitative estimate of drug-likeness (QED) is 0.837. The fourth-order valence-corrected chi connectivity index (χ4v) is 5.90. The van der Waals surface area contributed by atoms with Crippen LogP contribution in [0.3, 0.4) is 0 Å². The molecular formula is C13H16N4O3S2. The summed E-state index contributed by atoms with van der Waals surface area (Å²) in [6.45, 7) is 1.51. The number of ether oxygens (including phenoxy) is 1. The van der Waals surface area contributed by atoms with E-state index in [2.05, 4.69) is 10.2 Å². The van der Waals surface area contributed by atoms with E-state index in [9.17, 15) is 8.42 Å². The molecule has 2 fully saturated rings. The predicted octanol–water partition coefficient (Wildman–Crippen LogP) is 1.13. The first-order valence-electron chi connectivity index (χ1n) is 7.11. The molecule has 0 N–H and O–H groups in total. The lowest BCUT2D eigenvalue weighted by molar-refractivity contribution is 0.0165. The van der Waals surface area contributed by atoms with E-state index in [1.54, 1.807) is 34.5 Å². The van der Waals surface area contributed by atoms with Crippen molar-refractivity contribution in [3.8, 4) is 0 Å². The summed E-state index contributed by atoms with van der Waals surface area (Å²) in [4.78, 5) is 0. The van der Waals surface area contributed by atoms with Crippen LogP contribution in [0, 0.1) is 0 Å². The lowest BCUT2D eigenvalue weighted by Crippen LogP contribution is -2.35. The Bertz CT molecular complexity index is 744. The van der Waals surface area contributed by atoms with Crippen molar-refractivity contribution in [1.82, 2.24) is 19.1 Å². The number of hydrogen-bond acceptors (Lipinski definition) is 6. The van der Waals surface area contributed by atoms with Gasteiger partial charge in [0.25, 0.3) is 10.0 Å². The highest BCUT2D eigenvalue weighted by molar-refractivity contribution is 7.91. The van der Waals surface area contributed by atoms with Gasteiger partial charge in [0, 0.05) is 19.5 Å². The normalized spacial score (nSPS) is 29.5. The molecule has 0 unspecified atom stereocenters. The van der Waals surface area contributed by atoms with Gasteiger partial charge in [0.15, 0.2) is 0 Å². The largest absolute Gasteiger partial charge is 0.371 e. The molecule has 2 aliphatic rings. The molecule has 0 radical (unpaired) electrons. The molecule has 4 heterocycles. The van der Waals surface area contributed by atoms with Gasteiger partial charge in [-0.25, -0.2) is 8.42 Å². The van der Waals surface area contributed by atoms with Gasteiger partial charge in [0.1, 0.15) is 16.9 Å². The Labute approximate surface area is 132 Å². The fourth-order valence-electron chi connectivity index (χ4n) is 3.24. The highest BCUT2D eigenvalue weighted by Gasteiger charge is 2.49. The summed E-state index contributed by atoms with van der Waals surface area (Å²) in [6.07, 6.45) is 4.89. The standard InChI is InChI=1S/C13H16N4O3S2/c18-22(19,12-2-1-5-21-12)17-4-3-13(8-17)6-11(7-20-13)16-9-14-15-10-16/h1-2,5,9-11H,3-4,6-8H2/t11-,13-/m0/s1. The molecule has 0 bridgehead atoms. The number of rotatable bonds is 3. The van der Waals surface area contributed by atoms with E-state index in [4.69, 9.17) is 4.74 Å². The highest BCUT2D eigenvalue weighted by Crippen LogP contribution is 2.41. The van der Waals surface area contributed by atoms with Gasteiger partial charge in [-0.1, -0.05) is 6.07 Å². The van der Waals surface area contributed by atoms with Crippen LogP contribution in [0.25, 0.3) is 0 Å². The van der Waals surface area contributed by atoms with E-state index in [1.165, 1.54) is 11.3 Å². The second kappa shape index (κ2) is 5.12. The van der Waals surface area contributed by atoms with Crippen molar-refractivity contribution < 1.29 is 13.2 Å². The van der Waals surface area contributed by atoms with Crippen LogP contribution in [0.5, 0.6) is 0 Å². The van der Waals surface area contributed by atoms with Gasteiger partial charge in [0.05, 0.1) is 18.2 Å². The third-order valence-corrected chi connectivity index (χ3v) is 7.64. The van der Waals surface area contributed by atoms with Crippen molar-refractivity contribution in [1.29, 1.82) is 0 Å². The van der Waals surface area contributed by atoms with Crippen LogP contribution < -0.4 is 0 Å². The monoisotopic (exact) mass is 340 g/mol. The summed E-state index contributed by atoms with van der Waals surface area (Å²) >= 11 is 1.26. The Kier molecular flexibility index (Phi) is 3.33. The van der Waals surface area contributed by atoms with Crippen LogP contribution in [-0.4, -0.2) is 52.8 Å². The third-order valence-electron chi connectivity index (χ3n) is 4.42. The Balaban J connectivity index is 1.51. The molecule has 7 nitrogen and oxygen atoms in total. The van der Waals surface area contributed by atoms with E-state index in [-0.39, 0.29) is 11.6 Å². The molecule has 2 aliphatic heterocycles. The summed E-state index contributed by atoms with van der Waals surface area (Å²) in [7, 11) is -3.39. The van der Waals surface area contributed by atoms with Gasteiger partial charge in [-0.15, -0.1) is 21.5 Å². The molecule has 2 aromatic heterocycles. The number of aromatic nitrogens is 3. The summed E-state index contributed by atoms with van der Waals surface area (Å²) < 4.78 is 35.1. The number of sulfonamides is 1. The Morgan fingerprint density at radius 3 is 2.91 bits per heavy atom. The predicted molar refractivity (Wildman–Crippen MR) is 80.1 cm³/mol. The Morgan fingerprint density at radius 2 is 2.18 bits per heavy atom. The molecule has 2 saturated heterocycles. The second-order valence-corrected chi connectivity index (χ2v) is 8.89. The molecular weight excluding hydrogens is 324 g/mol. The minimum atomic E-state index is -3.39. The SMILES string of the molecule is O=S(=O)(c1cccs1)N1CC[C@]2(C[C@H](n3cnnc3)CO2)C1. The first kappa shape index (κ1) is 14.3. The zero-order valence-corrected chi connectivity index (χ0v) is 13.5. The van der Waals surface area contributed by atoms with Crippen LogP contribution in [0.1, 0.15) is 18.9 Å². The fraction of sp³-hybridized carbons (Fsp3) is 0.538. The van der Waals surface area contributed by atoms with Crippen LogP contribution in [0.15, 0.2) is 34.4 Å². The molecule has 118 valence electrons. The average molecular weight is 340 g/mol.